The van der Waals surface area contributed by atoms with Crippen LogP contribution in [0, 0.1) is 13.8 Å². The van der Waals surface area contributed by atoms with Gasteiger partial charge in [-0.2, -0.15) is 5.10 Å². The topological polar surface area (TPSA) is 46.9 Å². The highest BCUT2D eigenvalue weighted by atomic mass is 79.9. The highest BCUT2D eigenvalue weighted by Crippen LogP contribution is 2.22. The molecule has 6 heteroatoms. The molecule has 0 atom stereocenters. The smallest absolute Gasteiger partial charge is 0.265 e. The van der Waals surface area contributed by atoms with Gasteiger partial charge in [-0.25, -0.2) is 0 Å². The minimum absolute atomic E-state index is 0.0885. The summed E-state index contributed by atoms with van der Waals surface area (Å²) in [4.78, 5) is 12.9. The first-order valence-electron chi connectivity index (χ1n) is 7.18. The summed E-state index contributed by atoms with van der Waals surface area (Å²) in [5.74, 6) is -0.0885. The first kappa shape index (κ1) is 16.0. The highest BCUT2D eigenvalue weighted by molar-refractivity contribution is 9.10. The Bertz CT molecular complexity index is 822. The molecule has 0 unspecified atom stereocenters. The Morgan fingerprint density at radius 2 is 2.00 bits per heavy atom. The van der Waals surface area contributed by atoms with Crippen LogP contribution in [0.15, 0.2) is 46.3 Å². The number of benzene rings is 1. The van der Waals surface area contributed by atoms with Crippen molar-refractivity contribution in [3.63, 3.8) is 0 Å². The SMILES string of the molecule is Cc1nn(Cc2ccc(Br)cc2)c(C)c1NC(=O)c1cccs1. The number of thiophene rings is 1. The number of amides is 1. The zero-order chi connectivity index (χ0) is 16.4. The van der Waals surface area contributed by atoms with E-state index in [1.165, 1.54) is 11.3 Å². The first-order chi connectivity index (χ1) is 11.0. The van der Waals surface area contributed by atoms with Crippen molar-refractivity contribution < 1.29 is 4.79 Å². The van der Waals surface area contributed by atoms with Crippen molar-refractivity contribution in [3.05, 3.63) is 68.1 Å². The molecular formula is C17H16BrN3OS. The predicted octanol–water partition coefficient (Wildman–Crippen LogP) is 4.62. The van der Waals surface area contributed by atoms with Crippen LogP contribution in [0.25, 0.3) is 0 Å². The molecule has 0 aliphatic rings. The summed E-state index contributed by atoms with van der Waals surface area (Å²) in [6, 6.07) is 11.8. The number of nitrogens with zero attached hydrogens (tertiary/aromatic N) is 2. The monoisotopic (exact) mass is 389 g/mol. The molecule has 0 aliphatic carbocycles. The molecule has 2 heterocycles. The largest absolute Gasteiger partial charge is 0.318 e. The van der Waals surface area contributed by atoms with Gasteiger partial charge in [-0.3, -0.25) is 9.48 Å². The van der Waals surface area contributed by atoms with Crippen LogP contribution in [0.3, 0.4) is 0 Å². The lowest BCUT2D eigenvalue weighted by Crippen LogP contribution is -2.12. The molecule has 118 valence electrons. The number of aryl methyl sites for hydroxylation is 1. The van der Waals surface area contributed by atoms with E-state index < -0.39 is 0 Å². The summed E-state index contributed by atoms with van der Waals surface area (Å²) >= 11 is 4.87. The van der Waals surface area contributed by atoms with Gasteiger partial charge in [0.15, 0.2) is 0 Å². The van der Waals surface area contributed by atoms with E-state index in [0.717, 1.165) is 27.1 Å². The van der Waals surface area contributed by atoms with Gasteiger partial charge in [0.05, 0.1) is 28.5 Å². The van der Waals surface area contributed by atoms with E-state index in [-0.39, 0.29) is 5.91 Å². The second kappa shape index (κ2) is 6.68. The summed E-state index contributed by atoms with van der Waals surface area (Å²) in [6.07, 6.45) is 0. The fourth-order valence-corrected chi connectivity index (χ4v) is 3.26. The molecule has 3 rings (SSSR count). The third kappa shape index (κ3) is 3.54. The molecule has 0 bridgehead atoms. The molecule has 0 aliphatic heterocycles. The number of nitrogens with one attached hydrogen (secondary N) is 1. The minimum Gasteiger partial charge on any atom is -0.318 e. The summed E-state index contributed by atoms with van der Waals surface area (Å²) < 4.78 is 2.97. The van der Waals surface area contributed by atoms with Gasteiger partial charge in [-0.1, -0.05) is 34.1 Å². The van der Waals surface area contributed by atoms with E-state index in [1.807, 2.05) is 48.2 Å². The molecule has 3 aromatic rings. The van der Waals surface area contributed by atoms with Crippen molar-refractivity contribution in [2.24, 2.45) is 0 Å². The average molecular weight is 390 g/mol. The summed E-state index contributed by atoms with van der Waals surface area (Å²) in [5, 5.41) is 9.43. The number of carbonyl (C=O) groups excluding carboxylic acids is 1. The quantitative estimate of drug-likeness (QED) is 0.707. The molecule has 23 heavy (non-hydrogen) atoms. The van der Waals surface area contributed by atoms with Gasteiger partial charge < -0.3 is 5.32 Å². The van der Waals surface area contributed by atoms with E-state index in [0.29, 0.717) is 11.4 Å². The molecule has 0 saturated carbocycles. The maximum absolute atomic E-state index is 12.2. The fourth-order valence-electron chi connectivity index (χ4n) is 2.38. The predicted molar refractivity (Wildman–Crippen MR) is 97.2 cm³/mol. The Morgan fingerprint density at radius 3 is 2.65 bits per heavy atom. The van der Waals surface area contributed by atoms with Gasteiger partial charge in [0.25, 0.3) is 5.91 Å². The molecule has 1 aromatic carbocycles. The number of rotatable bonds is 4. The number of carbonyl (C=O) groups is 1. The third-order valence-electron chi connectivity index (χ3n) is 3.61. The van der Waals surface area contributed by atoms with Gasteiger partial charge in [0.2, 0.25) is 0 Å². The molecule has 1 N–H and O–H groups in total. The van der Waals surface area contributed by atoms with Gasteiger partial charge in [0.1, 0.15) is 0 Å². The Labute approximate surface area is 147 Å². The zero-order valence-corrected chi connectivity index (χ0v) is 15.2. The third-order valence-corrected chi connectivity index (χ3v) is 5.01. The van der Waals surface area contributed by atoms with Crippen molar-refractivity contribution in [3.8, 4) is 0 Å². The lowest BCUT2D eigenvalue weighted by Gasteiger charge is -2.07. The van der Waals surface area contributed by atoms with Gasteiger partial charge in [0, 0.05) is 4.47 Å². The molecule has 1 amide bonds. The summed E-state index contributed by atoms with van der Waals surface area (Å²) in [7, 11) is 0. The van der Waals surface area contributed by atoms with Crippen LogP contribution in [0.5, 0.6) is 0 Å². The average Bonchev–Trinajstić information content (AvgIpc) is 3.14. The lowest BCUT2D eigenvalue weighted by molar-refractivity contribution is 0.103. The Morgan fingerprint density at radius 1 is 1.26 bits per heavy atom. The van der Waals surface area contributed by atoms with Gasteiger partial charge in [-0.15, -0.1) is 11.3 Å². The van der Waals surface area contributed by atoms with Crippen LogP contribution in [0.1, 0.15) is 26.6 Å². The maximum atomic E-state index is 12.2. The first-order valence-corrected chi connectivity index (χ1v) is 8.85. The van der Waals surface area contributed by atoms with Crippen LogP contribution >= 0.6 is 27.3 Å². The van der Waals surface area contributed by atoms with Crippen molar-refractivity contribution >= 4 is 38.9 Å². The van der Waals surface area contributed by atoms with Crippen LogP contribution in [-0.4, -0.2) is 15.7 Å². The van der Waals surface area contributed by atoms with Crippen LogP contribution in [-0.2, 0) is 6.54 Å². The zero-order valence-electron chi connectivity index (χ0n) is 12.8. The number of aromatic nitrogens is 2. The highest BCUT2D eigenvalue weighted by Gasteiger charge is 2.15. The van der Waals surface area contributed by atoms with Crippen molar-refractivity contribution in [1.82, 2.24) is 9.78 Å². The summed E-state index contributed by atoms with van der Waals surface area (Å²) in [5.41, 5.74) is 3.73. The van der Waals surface area contributed by atoms with E-state index in [4.69, 9.17) is 0 Å². The van der Waals surface area contributed by atoms with E-state index in [9.17, 15) is 4.79 Å². The van der Waals surface area contributed by atoms with E-state index >= 15 is 0 Å². The molecular weight excluding hydrogens is 374 g/mol. The van der Waals surface area contributed by atoms with Gasteiger partial charge >= 0.3 is 0 Å². The molecule has 0 fully saturated rings. The second-order valence-electron chi connectivity index (χ2n) is 5.26. The Hall–Kier alpha value is -1.92. The van der Waals surface area contributed by atoms with Crippen LogP contribution in [0.4, 0.5) is 5.69 Å². The van der Waals surface area contributed by atoms with Crippen LogP contribution < -0.4 is 5.32 Å². The van der Waals surface area contributed by atoms with Crippen LogP contribution in [0.2, 0.25) is 0 Å². The Balaban J connectivity index is 1.81. The van der Waals surface area contributed by atoms with Crippen molar-refractivity contribution in [1.29, 1.82) is 0 Å². The molecule has 0 spiro atoms. The molecule has 0 radical (unpaired) electrons. The summed E-state index contributed by atoms with van der Waals surface area (Å²) in [6.45, 7) is 4.56. The maximum Gasteiger partial charge on any atom is 0.265 e. The minimum atomic E-state index is -0.0885. The Kier molecular flexibility index (Phi) is 4.63. The second-order valence-corrected chi connectivity index (χ2v) is 7.12. The molecule has 0 saturated heterocycles. The fraction of sp³-hybridized carbons (Fsp3) is 0.176. The van der Waals surface area contributed by atoms with Crippen molar-refractivity contribution in [2.75, 3.05) is 5.32 Å². The van der Waals surface area contributed by atoms with E-state index in [2.05, 4.69) is 38.5 Å². The normalized spacial score (nSPS) is 10.7. The number of halogens is 1. The lowest BCUT2D eigenvalue weighted by atomic mass is 10.2. The number of anilines is 1. The number of hydrogen-bond donors (Lipinski definition) is 1. The molecule has 4 nitrogen and oxygen atoms in total. The standard InChI is InChI=1S/C17H16BrN3OS/c1-11-16(19-17(22)15-4-3-9-23-15)12(2)21(20-11)10-13-5-7-14(18)8-6-13/h3-9H,10H2,1-2H3,(H,19,22). The number of hydrogen-bond acceptors (Lipinski definition) is 3. The van der Waals surface area contributed by atoms with E-state index in [1.54, 1.807) is 0 Å². The van der Waals surface area contributed by atoms with Crippen molar-refractivity contribution in [2.45, 2.75) is 20.4 Å². The van der Waals surface area contributed by atoms with Gasteiger partial charge in [-0.05, 0) is 43.0 Å². The molecule has 2 aromatic heterocycles.